The summed E-state index contributed by atoms with van der Waals surface area (Å²) in [6, 6.07) is 15.7. The smallest absolute Gasteiger partial charge is 0.244 e. The molecule has 0 unspecified atom stereocenters. The maximum atomic E-state index is 12.7. The predicted molar refractivity (Wildman–Crippen MR) is 113 cm³/mol. The van der Waals surface area contributed by atoms with E-state index in [2.05, 4.69) is 11.4 Å². The molecular weight excluding hydrogens is 376 g/mol. The second-order valence-electron chi connectivity index (χ2n) is 6.80. The lowest BCUT2D eigenvalue weighted by Crippen LogP contribution is -2.41. The van der Waals surface area contributed by atoms with Crippen molar-refractivity contribution in [2.45, 2.75) is 40.7 Å². The Morgan fingerprint density at radius 3 is 2.70 bits per heavy atom. The van der Waals surface area contributed by atoms with Crippen LogP contribution in [0.1, 0.15) is 25.7 Å². The van der Waals surface area contributed by atoms with E-state index in [0.717, 1.165) is 21.2 Å². The highest BCUT2D eigenvalue weighted by Gasteiger charge is 2.26. The van der Waals surface area contributed by atoms with Crippen molar-refractivity contribution >= 4 is 46.7 Å². The summed E-state index contributed by atoms with van der Waals surface area (Å²) in [5.74, 6) is 0.185. The Labute approximate surface area is 168 Å². The molecule has 0 spiro atoms. The number of hydrogen-bond donors (Lipinski definition) is 1. The molecule has 1 fully saturated rings. The first-order chi connectivity index (χ1) is 13.2. The minimum Gasteiger partial charge on any atom is -0.324 e. The largest absolute Gasteiger partial charge is 0.324 e. The predicted octanol–water partition coefficient (Wildman–Crippen LogP) is 4.80. The van der Waals surface area contributed by atoms with Crippen LogP contribution in [0.5, 0.6) is 0 Å². The van der Waals surface area contributed by atoms with Crippen LogP contribution >= 0.6 is 23.5 Å². The number of fused-ring (bicyclic) bond motifs is 1. The fraction of sp³-hybridized carbons (Fsp3) is 0.333. The molecule has 1 N–H and O–H groups in total. The van der Waals surface area contributed by atoms with E-state index < -0.39 is 0 Å². The van der Waals surface area contributed by atoms with Crippen molar-refractivity contribution in [1.82, 2.24) is 0 Å². The van der Waals surface area contributed by atoms with Crippen molar-refractivity contribution in [2.75, 3.05) is 22.5 Å². The average Bonchev–Trinajstić information content (AvgIpc) is 3.19. The highest BCUT2D eigenvalue weighted by atomic mass is 32.2. The summed E-state index contributed by atoms with van der Waals surface area (Å²) in [6.45, 7) is 0.0405. The minimum atomic E-state index is -0.162. The molecule has 0 saturated heterocycles. The fourth-order valence-electron chi connectivity index (χ4n) is 3.52. The number of carbonyl (C=O) groups is 2. The highest BCUT2D eigenvalue weighted by Crippen LogP contribution is 2.38. The molecule has 0 aromatic heterocycles. The Morgan fingerprint density at radius 2 is 1.85 bits per heavy atom. The summed E-state index contributed by atoms with van der Waals surface area (Å²) in [5.41, 5.74) is 1.66. The highest BCUT2D eigenvalue weighted by molar-refractivity contribution is 8.00. The summed E-state index contributed by atoms with van der Waals surface area (Å²) in [6.07, 6.45) is 5.06. The Bertz CT molecular complexity index is 850. The van der Waals surface area contributed by atoms with Crippen LogP contribution in [0.25, 0.3) is 0 Å². The number of nitrogens with zero attached hydrogens (tertiary/aromatic N) is 1. The van der Waals surface area contributed by atoms with Gasteiger partial charge in [-0.25, -0.2) is 0 Å². The van der Waals surface area contributed by atoms with Crippen molar-refractivity contribution in [3.63, 3.8) is 0 Å². The van der Waals surface area contributed by atoms with Gasteiger partial charge in [0, 0.05) is 15.0 Å². The molecule has 1 aliphatic heterocycles. The van der Waals surface area contributed by atoms with E-state index in [4.69, 9.17) is 0 Å². The van der Waals surface area contributed by atoms with Gasteiger partial charge in [0.25, 0.3) is 0 Å². The number of thioether (sulfide) groups is 2. The Morgan fingerprint density at radius 1 is 1.11 bits per heavy atom. The van der Waals surface area contributed by atoms with Gasteiger partial charge in [-0.15, -0.1) is 23.5 Å². The normalized spacial score (nSPS) is 17.0. The molecule has 0 radical (unpaired) electrons. The number of nitrogens with one attached hydrogen (secondary N) is 1. The molecule has 2 aromatic rings. The van der Waals surface area contributed by atoms with Crippen LogP contribution in [0.3, 0.4) is 0 Å². The van der Waals surface area contributed by atoms with Crippen LogP contribution in [0.2, 0.25) is 0 Å². The molecule has 1 saturated carbocycles. The number of anilines is 2. The zero-order valence-corrected chi connectivity index (χ0v) is 16.7. The zero-order chi connectivity index (χ0) is 18.6. The first-order valence-corrected chi connectivity index (χ1v) is 11.1. The molecule has 1 heterocycles. The Kier molecular flexibility index (Phi) is 5.74. The minimum absolute atomic E-state index is 0.0255. The molecule has 0 bridgehead atoms. The quantitative estimate of drug-likeness (QED) is 0.786. The van der Waals surface area contributed by atoms with Gasteiger partial charge in [-0.05, 0) is 37.1 Å². The third-order valence-electron chi connectivity index (χ3n) is 4.87. The lowest BCUT2D eigenvalue weighted by molar-refractivity contribution is -0.120. The van der Waals surface area contributed by atoms with Gasteiger partial charge >= 0.3 is 0 Å². The SMILES string of the molecule is O=C(CN1C(=O)CSc2ccccc21)Nc1ccccc1SC1CCCC1. The lowest BCUT2D eigenvalue weighted by atomic mass is 10.2. The number of carbonyl (C=O) groups excluding carboxylic acids is 2. The molecule has 27 heavy (non-hydrogen) atoms. The molecule has 4 rings (SSSR count). The zero-order valence-electron chi connectivity index (χ0n) is 15.0. The molecule has 0 atom stereocenters. The monoisotopic (exact) mass is 398 g/mol. The number of benzene rings is 2. The summed E-state index contributed by atoms with van der Waals surface area (Å²) in [4.78, 5) is 28.8. The topological polar surface area (TPSA) is 49.4 Å². The molecule has 1 aliphatic carbocycles. The lowest BCUT2D eigenvalue weighted by Gasteiger charge is -2.28. The maximum absolute atomic E-state index is 12.7. The molecule has 2 aliphatic rings. The number of rotatable bonds is 5. The van der Waals surface area contributed by atoms with E-state index in [1.54, 1.807) is 4.90 Å². The molecule has 6 heteroatoms. The van der Waals surface area contributed by atoms with Gasteiger partial charge in [-0.2, -0.15) is 0 Å². The van der Waals surface area contributed by atoms with E-state index >= 15 is 0 Å². The van der Waals surface area contributed by atoms with Gasteiger partial charge in [-0.3, -0.25) is 9.59 Å². The van der Waals surface area contributed by atoms with E-state index in [-0.39, 0.29) is 18.4 Å². The van der Waals surface area contributed by atoms with Crippen molar-refractivity contribution in [3.8, 4) is 0 Å². The van der Waals surface area contributed by atoms with Gasteiger partial charge < -0.3 is 10.2 Å². The molecule has 2 amide bonds. The van der Waals surface area contributed by atoms with E-state index in [0.29, 0.717) is 11.0 Å². The van der Waals surface area contributed by atoms with Crippen LogP contribution in [0.4, 0.5) is 11.4 Å². The van der Waals surface area contributed by atoms with Crippen LogP contribution in [-0.2, 0) is 9.59 Å². The van der Waals surface area contributed by atoms with E-state index in [9.17, 15) is 9.59 Å². The van der Waals surface area contributed by atoms with Gasteiger partial charge in [-0.1, -0.05) is 37.1 Å². The van der Waals surface area contributed by atoms with Crippen LogP contribution in [-0.4, -0.2) is 29.4 Å². The molecule has 140 valence electrons. The summed E-state index contributed by atoms with van der Waals surface area (Å²) in [7, 11) is 0. The third-order valence-corrected chi connectivity index (χ3v) is 7.33. The van der Waals surface area contributed by atoms with Crippen LogP contribution < -0.4 is 10.2 Å². The fourth-order valence-corrected chi connectivity index (χ4v) is 5.79. The second kappa shape index (κ2) is 8.40. The maximum Gasteiger partial charge on any atom is 0.244 e. The summed E-state index contributed by atoms with van der Waals surface area (Å²) >= 11 is 3.38. The van der Waals surface area contributed by atoms with E-state index in [1.807, 2.05) is 54.2 Å². The summed E-state index contributed by atoms with van der Waals surface area (Å²) in [5, 5.41) is 3.66. The van der Waals surface area contributed by atoms with E-state index in [1.165, 1.54) is 37.4 Å². The van der Waals surface area contributed by atoms with Gasteiger partial charge in [0.1, 0.15) is 6.54 Å². The third kappa shape index (κ3) is 4.33. The van der Waals surface area contributed by atoms with Crippen LogP contribution in [0, 0.1) is 0 Å². The van der Waals surface area contributed by atoms with Gasteiger partial charge in [0.15, 0.2) is 0 Å². The second-order valence-corrected chi connectivity index (χ2v) is 9.16. The van der Waals surface area contributed by atoms with Crippen molar-refractivity contribution in [2.24, 2.45) is 0 Å². The van der Waals surface area contributed by atoms with Gasteiger partial charge in [0.05, 0.1) is 17.1 Å². The van der Waals surface area contributed by atoms with Gasteiger partial charge in [0.2, 0.25) is 11.8 Å². The standard InChI is InChI=1S/C21H22N2O2S2/c24-20(13-23-17-10-4-6-12-19(17)26-14-21(23)25)22-16-9-3-5-11-18(16)27-15-7-1-2-8-15/h3-6,9-12,15H,1-2,7-8,13-14H2,(H,22,24). The molecule has 4 nitrogen and oxygen atoms in total. The van der Waals surface area contributed by atoms with Crippen molar-refractivity contribution < 1.29 is 9.59 Å². The first-order valence-electron chi connectivity index (χ1n) is 9.28. The number of para-hydroxylation sites is 2. The van der Waals surface area contributed by atoms with Crippen molar-refractivity contribution in [3.05, 3.63) is 48.5 Å². The Balaban J connectivity index is 1.46. The summed E-state index contributed by atoms with van der Waals surface area (Å²) < 4.78 is 0. The average molecular weight is 399 g/mol. The van der Waals surface area contributed by atoms with Crippen molar-refractivity contribution in [1.29, 1.82) is 0 Å². The first kappa shape index (κ1) is 18.4. The number of hydrogen-bond acceptors (Lipinski definition) is 4. The molecular formula is C21H22N2O2S2. The number of amides is 2. The Hall–Kier alpha value is -1.92. The van der Waals surface area contributed by atoms with Crippen LogP contribution in [0.15, 0.2) is 58.3 Å². The molecule has 2 aromatic carbocycles.